The fraction of sp³-hybridized carbons (Fsp3) is 0.471. The second kappa shape index (κ2) is 9.22. The van der Waals surface area contributed by atoms with Crippen LogP contribution in [0.5, 0.6) is 11.5 Å². The Morgan fingerprint density at radius 3 is 2.67 bits per heavy atom. The minimum Gasteiger partial charge on any atom is -0.493 e. The third-order valence-electron chi connectivity index (χ3n) is 3.55. The summed E-state index contributed by atoms with van der Waals surface area (Å²) in [4.78, 5) is 12.1. The summed E-state index contributed by atoms with van der Waals surface area (Å²) in [6.07, 6.45) is 4.11. The van der Waals surface area contributed by atoms with Crippen LogP contribution in [0.25, 0.3) is 0 Å². The molecule has 0 aliphatic heterocycles. The number of amides is 1. The summed E-state index contributed by atoms with van der Waals surface area (Å²) in [5.41, 5.74) is 1.02. The van der Waals surface area contributed by atoms with Gasteiger partial charge in [-0.2, -0.15) is 0 Å². The minimum absolute atomic E-state index is 0.0667. The van der Waals surface area contributed by atoms with Crippen LogP contribution < -0.4 is 14.8 Å². The minimum atomic E-state index is -0.0667. The van der Waals surface area contributed by atoms with Crippen molar-refractivity contribution < 1.29 is 14.3 Å². The molecule has 1 aromatic heterocycles. The van der Waals surface area contributed by atoms with Crippen LogP contribution in [0, 0.1) is 0 Å². The number of aryl methyl sites for hydroxylation is 2. The van der Waals surface area contributed by atoms with Crippen LogP contribution in [0.2, 0.25) is 0 Å². The van der Waals surface area contributed by atoms with Gasteiger partial charge in [0.2, 0.25) is 11.0 Å². The van der Waals surface area contributed by atoms with Gasteiger partial charge in [0.25, 0.3) is 0 Å². The number of carbonyl (C=O) groups excluding carboxylic acids is 1. The van der Waals surface area contributed by atoms with Crippen LogP contribution in [0.15, 0.2) is 18.2 Å². The van der Waals surface area contributed by atoms with Gasteiger partial charge in [-0.1, -0.05) is 30.7 Å². The van der Waals surface area contributed by atoms with Crippen molar-refractivity contribution in [3.63, 3.8) is 0 Å². The number of aromatic nitrogens is 2. The third kappa shape index (κ3) is 5.19. The summed E-state index contributed by atoms with van der Waals surface area (Å²) in [6, 6.07) is 5.67. The molecule has 1 aromatic carbocycles. The summed E-state index contributed by atoms with van der Waals surface area (Å²) in [7, 11) is 3.20. The summed E-state index contributed by atoms with van der Waals surface area (Å²) in [6.45, 7) is 2.14. The van der Waals surface area contributed by atoms with E-state index in [0.717, 1.165) is 29.8 Å². The standard InChI is InChI=1S/C17H23N3O3S/c1-4-5-6-16-19-20-17(24-16)18-15(21)10-8-12-7-9-13(22-2)14(11-12)23-3/h7,9,11H,4-6,8,10H2,1-3H3,(H,18,20,21). The largest absolute Gasteiger partial charge is 0.493 e. The van der Waals surface area contributed by atoms with Crippen molar-refractivity contribution in [1.29, 1.82) is 0 Å². The van der Waals surface area contributed by atoms with E-state index < -0.39 is 0 Å². The Kier molecular flexibility index (Phi) is 6.99. The molecule has 0 unspecified atom stereocenters. The van der Waals surface area contributed by atoms with E-state index in [-0.39, 0.29) is 5.91 Å². The maximum absolute atomic E-state index is 12.1. The zero-order valence-electron chi connectivity index (χ0n) is 14.3. The number of benzene rings is 1. The molecule has 2 rings (SSSR count). The predicted molar refractivity (Wildman–Crippen MR) is 95.0 cm³/mol. The average Bonchev–Trinajstić information content (AvgIpc) is 3.05. The topological polar surface area (TPSA) is 73.3 Å². The van der Waals surface area contributed by atoms with Crippen LogP contribution in [0.1, 0.15) is 36.8 Å². The van der Waals surface area contributed by atoms with E-state index in [2.05, 4.69) is 22.4 Å². The highest BCUT2D eigenvalue weighted by molar-refractivity contribution is 7.15. The Morgan fingerprint density at radius 1 is 1.17 bits per heavy atom. The van der Waals surface area contributed by atoms with Gasteiger partial charge in [0, 0.05) is 12.8 Å². The van der Waals surface area contributed by atoms with Gasteiger partial charge in [0.1, 0.15) is 5.01 Å². The number of nitrogens with one attached hydrogen (secondary N) is 1. The van der Waals surface area contributed by atoms with E-state index >= 15 is 0 Å². The summed E-state index contributed by atoms with van der Waals surface area (Å²) in [5, 5.41) is 12.4. The van der Waals surface area contributed by atoms with Crippen LogP contribution in [0.4, 0.5) is 5.13 Å². The quantitative estimate of drug-likeness (QED) is 0.750. The van der Waals surface area contributed by atoms with Crippen molar-refractivity contribution >= 4 is 22.4 Å². The third-order valence-corrected chi connectivity index (χ3v) is 4.44. The number of rotatable bonds is 9. The highest BCUT2D eigenvalue weighted by atomic mass is 32.1. The van der Waals surface area contributed by atoms with Crippen LogP contribution >= 0.6 is 11.3 Å². The molecule has 0 radical (unpaired) electrons. The van der Waals surface area contributed by atoms with Gasteiger partial charge in [-0.25, -0.2) is 0 Å². The molecule has 0 aliphatic rings. The first-order valence-corrected chi connectivity index (χ1v) is 8.81. The first-order valence-electron chi connectivity index (χ1n) is 7.99. The second-order valence-corrected chi connectivity index (χ2v) is 6.40. The molecule has 24 heavy (non-hydrogen) atoms. The molecular formula is C17H23N3O3S. The van der Waals surface area contributed by atoms with Crippen molar-refractivity contribution in [1.82, 2.24) is 10.2 Å². The van der Waals surface area contributed by atoms with E-state index in [4.69, 9.17) is 9.47 Å². The van der Waals surface area contributed by atoms with Crippen molar-refractivity contribution in [3.8, 4) is 11.5 Å². The first kappa shape index (κ1) is 18.2. The van der Waals surface area contributed by atoms with Crippen LogP contribution in [-0.2, 0) is 17.6 Å². The molecule has 7 heteroatoms. The number of anilines is 1. The summed E-state index contributed by atoms with van der Waals surface area (Å²) >= 11 is 1.44. The molecule has 1 N–H and O–H groups in total. The van der Waals surface area contributed by atoms with Gasteiger partial charge < -0.3 is 14.8 Å². The smallest absolute Gasteiger partial charge is 0.226 e. The van der Waals surface area contributed by atoms with Crippen molar-refractivity contribution in [2.24, 2.45) is 0 Å². The van der Waals surface area contributed by atoms with E-state index in [9.17, 15) is 4.79 Å². The lowest BCUT2D eigenvalue weighted by Crippen LogP contribution is -2.12. The number of hydrogen-bond acceptors (Lipinski definition) is 6. The zero-order valence-corrected chi connectivity index (χ0v) is 15.1. The molecule has 6 nitrogen and oxygen atoms in total. The highest BCUT2D eigenvalue weighted by Crippen LogP contribution is 2.28. The van der Waals surface area contributed by atoms with E-state index in [0.29, 0.717) is 29.5 Å². The van der Waals surface area contributed by atoms with Gasteiger partial charge in [-0.15, -0.1) is 10.2 Å². The molecule has 0 atom stereocenters. The Morgan fingerprint density at radius 2 is 1.96 bits per heavy atom. The van der Waals surface area contributed by atoms with Crippen LogP contribution in [0.3, 0.4) is 0 Å². The van der Waals surface area contributed by atoms with Crippen molar-refractivity contribution in [2.45, 2.75) is 39.0 Å². The lowest BCUT2D eigenvalue weighted by atomic mass is 10.1. The number of methoxy groups -OCH3 is 2. The maximum atomic E-state index is 12.1. The Balaban J connectivity index is 1.85. The predicted octanol–water partition coefficient (Wildman–Crippen LogP) is 3.47. The Bertz CT molecular complexity index is 673. The fourth-order valence-corrected chi connectivity index (χ4v) is 3.01. The summed E-state index contributed by atoms with van der Waals surface area (Å²) < 4.78 is 10.5. The van der Waals surface area contributed by atoms with Gasteiger partial charge in [0.15, 0.2) is 11.5 Å². The lowest BCUT2D eigenvalue weighted by Gasteiger charge is -2.09. The van der Waals surface area contributed by atoms with E-state index in [1.54, 1.807) is 14.2 Å². The molecule has 2 aromatic rings. The molecule has 0 aliphatic carbocycles. The van der Waals surface area contributed by atoms with Crippen molar-refractivity contribution in [2.75, 3.05) is 19.5 Å². The fourth-order valence-electron chi connectivity index (χ4n) is 2.21. The van der Waals surface area contributed by atoms with Gasteiger partial charge in [0.05, 0.1) is 14.2 Å². The number of ether oxygens (including phenoxy) is 2. The average molecular weight is 349 g/mol. The molecular weight excluding hydrogens is 326 g/mol. The molecule has 0 bridgehead atoms. The Labute approximate surface area is 146 Å². The van der Waals surface area contributed by atoms with E-state index in [1.807, 2.05) is 18.2 Å². The number of nitrogens with zero attached hydrogens (tertiary/aromatic N) is 2. The van der Waals surface area contributed by atoms with Crippen molar-refractivity contribution in [3.05, 3.63) is 28.8 Å². The SMILES string of the molecule is CCCCc1nnc(NC(=O)CCc2ccc(OC)c(OC)c2)s1. The zero-order chi connectivity index (χ0) is 17.4. The summed E-state index contributed by atoms with van der Waals surface area (Å²) in [5.74, 6) is 1.28. The van der Waals surface area contributed by atoms with Crippen LogP contribution in [-0.4, -0.2) is 30.3 Å². The number of hydrogen-bond donors (Lipinski definition) is 1. The second-order valence-electron chi connectivity index (χ2n) is 5.34. The normalized spacial score (nSPS) is 10.5. The van der Waals surface area contributed by atoms with E-state index in [1.165, 1.54) is 11.3 Å². The maximum Gasteiger partial charge on any atom is 0.226 e. The molecule has 0 fully saturated rings. The molecule has 0 saturated heterocycles. The molecule has 1 amide bonds. The highest BCUT2D eigenvalue weighted by Gasteiger charge is 2.10. The van der Waals surface area contributed by atoms with Gasteiger partial charge >= 0.3 is 0 Å². The molecule has 1 heterocycles. The Hall–Kier alpha value is -2.15. The first-order chi connectivity index (χ1) is 11.7. The number of unbranched alkanes of at least 4 members (excludes halogenated alkanes) is 1. The molecule has 130 valence electrons. The van der Waals surface area contributed by atoms with Gasteiger partial charge in [-0.05, 0) is 30.5 Å². The lowest BCUT2D eigenvalue weighted by molar-refractivity contribution is -0.116. The monoisotopic (exact) mass is 349 g/mol. The van der Waals surface area contributed by atoms with Gasteiger partial charge in [-0.3, -0.25) is 4.79 Å². The molecule has 0 saturated carbocycles. The molecule has 0 spiro atoms. The number of carbonyl (C=O) groups is 1.